The number of benzene rings is 2. The van der Waals surface area contributed by atoms with Gasteiger partial charge in [0.15, 0.2) is 11.5 Å². The van der Waals surface area contributed by atoms with Crippen molar-refractivity contribution < 1.29 is 27.5 Å². The molecule has 34 heavy (non-hydrogen) atoms. The molecule has 0 aliphatic carbocycles. The van der Waals surface area contributed by atoms with Gasteiger partial charge >= 0.3 is 5.97 Å². The zero-order chi connectivity index (χ0) is 25.5. The fourth-order valence-electron chi connectivity index (χ4n) is 2.96. The maximum absolute atomic E-state index is 12.8. The van der Waals surface area contributed by atoms with E-state index in [2.05, 4.69) is 15.2 Å². The molecule has 2 rings (SSSR count). The molecule has 0 radical (unpaired) electrons. The molecule has 1 amide bonds. The summed E-state index contributed by atoms with van der Waals surface area (Å²) in [6.07, 6.45) is 1.68. The Morgan fingerprint density at radius 3 is 2.38 bits per heavy atom. The summed E-state index contributed by atoms with van der Waals surface area (Å²) in [5.41, 5.74) is 3.91. The van der Waals surface area contributed by atoms with Crippen molar-refractivity contribution in [3.05, 3.63) is 51.1 Å². The summed E-state index contributed by atoms with van der Waals surface area (Å²) in [6.45, 7) is 6.93. The van der Waals surface area contributed by atoms with Crippen molar-refractivity contribution in [1.29, 1.82) is 0 Å². The summed E-state index contributed by atoms with van der Waals surface area (Å²) in [5, 5.41) is 3.97. The van der Waals surface area contributed by atoms with Crippen molar-refractivity contribution in [2.45, 2.75) is 45.1 Å². The molecule has 0 bridgehead atoms. The highest BCUT2D eigenvalue weighted by Crippen LogP contribution is 2.33. The van der Waals surface area contributed by atoms with Crippen molar-refractivity contribution in [3.8, 4) is 11.5 Å². The van der Waals surface area contributed by atoms with E-state index in [9.17, 15) is 18.0 Å². The fraction of sp³-hybridized carbons (Fsp3) is 0.348. The Kier molecular flexibility index (Phi) is 10.0. The Morgan fingerprint density at radius 1 is 1.18 bits per heavy atom. The van der Waals surface area contributed by atoms with Crippen LogP contribution in [-0.4, -0.2) is 39.7 Å². The van der Waals surface area contributed by atoms with E-state index in [4.69, 9.17) is 9.47 Å². The molecular weight excluding hydrogens is 573 g/mol. The molecule has 1 atom stereocenters. The minimum absolute atomic E-state index is 0.0557. The van der Waals surface area contributed by atoms with E-state index < -0.39 is 27.9 Å². The average molecular weight is 601 g/mol. The zero-order valence-electron chi connectivity index (χ0n) is 19.6. The van der Waals surface area contributed by atoms with Gasteiger partial charge in [-0.1, -0.05) is 31.5 Å². The Balaban J connectivity index is 2.17. The molecule has 9 nitrogen and oxygen atoms in total. The van der Waals surface area contributed by atoms with Crippen LogP contribution in [0.5, 0.6) is 11.5 Å². The third-order valence-electron chi connectivity index (χ3n) is 4.54. The van der Waals surface area contributed by atoms with E-state index in [0.29, 0.717) is 20.6 Å². The first-order valence-electron chi connectivity index (χ1n) is 10.4. The lowest BCUT2D eigenvalue weighted by atomic mass is 10.0. The number of sulfonamides is 1. The van der Waals surface area contributed by atoms with Crippen LogP contribution in [0, 0.1) is 16.4 Å². The van der Waals surface area contributed by atoms with E-state index in [0.717, 1.165) is 5.56 Å². The highest BCUT2D eigenvalue weighted by molar-refractivity contribution is 14.1. The lowest BCUT2D eigenvalue weighted by Gasteiger charge is -2.19. The fourth-order valence-corrected chi connectivity index (χ4v) is 4.90. The molecule has 184 valence electrons. The summed E-state index contributed by atoms with van der Waals surface area (Å²) >= 11 is 2.00. The zero-order valence-corrected chi connectivity index (χ0v) is 22.6. The van der Waals surface area contributed by atoms with Gasteiger partial charge in [0, 0.05) is 6.92 Å². The van der Waals surface area contributed by atoms with Gasteiger partial charge < -0.3 is 9.47 Å². The first kappa shape index (κ1) is 27.7. The maximum atomic E-state index is 12.8. The Hall–Kier alpha value is -2.51. The number of hydrazone groups is 1. The molecule has 2 aromatic carbocycles. The lowest BCUT2D eigenvalue weighted by Crippen LogP contribution is -2.46. The molecule has 0 spiro atoms. The van der Waals surface area contributed by atoms with Crippen molar-refractivity contribution in [2.75, 3.05) is 7.11 Å². The number of aryl methyl sites for hydroxylation is 1. The lowest BCUT2D eigenvalue weighted by molar-refractivity contribution is -0.132. The highest BCUT2D eigenvalue weighted by atomic mass is 127. The molecule has 0 aliphatic rings. The predicted molar refractivity (Wildman–Crippen MR) is 138 cm³/mol. The van der Waals surface area contributed by atoms with E-state index in [1.807, 2.05) is 43.4 Å². The third kappa shape index (κ3) is 8.06. The summed E-state index contributed by atoms with van der Waals surface area (Å²) in [6, 6.07) is 8.66. The van der Waals surface area contributed by atoms with Gasteiger partial charge in [-0.2, -0.15) is 9.82 Å². The number of carbonyl (C=O) groups is 2. The number of rotatable bonds is 10. The van der Waals surface area contributed by atoms with Crippen LogP contribution in [0.4, 0.5) is 0 Å². The number of amides is 1. The molecule has 0 saturated carbocycles. The summed E-state index contributed by atoms with van der Waals surface area (Å²) < 4.78 is 39.1. The second kappa shape index (κ2) is 12.3. The van der Waals surface area contributed by atoms with Crippen LogP contribution in [0.3, 0.4) is 0 Å². The van der Waals surface area contributed by atoms with Crippen LogP contribution in [0.15, 0.2) is 46.4 Å². The molecule has 0 heterocycles. The molecule has 2 N–H and O–H groups in total. The van der Waals surface area contributed by atoms with Crippen LogP contribution in [-0.2, 0) is 19.6 Å². The van der Waals surface area contributed by atoms with Gasteiger partial charge in [0.1, 0.15) is 6.04 Å². The number of carbonyl (C=O) groups excluding carboxylic acids is 2. The number of nitrogens with one attached hydrogen (secondary N) is 2. The van der Waals surface area contributed by atoms with Crippen LogP contribution >= 0.6 is 22.6 Å². The number of ether oxygens (including phenoxy) is 2. The van der Waals surface area contributed by atoms with Crippen LogP contribution in [0.2, 0.25) is 0 Å². The Labute approximate surface area is 213 Å². The summed E-state index contributed by atoms with van der Waals surface area (Å²) in [4.78, 5) is 24.1. The molecular formula is C23H28IN3O6S. The van der Waals surface area contributed by atoms with Gasteiger partial charge in [-0.3, -0.25) is 9.59 Å². The van der Waals surface area contributed by atoms with Gasteiger partial charge in [0.2, 0.25) is 10.0 Å². The second-order valence-electron chi connectivity index (χ2n) is 7.98. The smallest absolute Gasteiger partial charge is 0.308 e. The van der Waals surface area contributed by atoms with E-state index >= 15 is 0 Å². The van der Waals surface area contributed by atoms with E-state index in [1.54, 1.807) is 24.3 Å². The SMILES string of the molecule is COc1cc(/C=N\NC(=O)[C@H](CC(C)C)NS(=O)(=O)c2ccc(C)cc2)cc(I)c1OC(C)=O. The van der Waals surface area contributed by atoms with Crippen molar-refractivity contribution in [2.24, 2.45) is 11.0 Å². The minimum Gasteiger partial charge on any atom is -0.493 e. The number of esters is 1. The van der Waals surface area contributed by atoms with Crippen LogP contribution in [0.25, 0.3) is 0 Å². The largest absolute Gasteiger partial charge is 0.493 e. The second-order valence-corrected chi connectivity index (χ2v) is 10.9. The standard InChI is InChI=1S/C23H28IN3O6S/c1-14(2)10-20(27-34(30,31)18-8-6-15(3)7-9-18)23(29)26-25-13-17-11-19(24)22(33-16(4)28)21(12-17)32-5/h6-9,11-14,20,27H,10H2,1-5H3,(H,26,29)/b25-13-/t20-/m0/s1. The molecule has 0 unspecified atom stereocenters. The van der Waals surface area contributed by atoms with Crippen molar-refractivity contribution in [3.63, 3.8) is 0 Å². The van der Waals surface area contributed by atoms with Gasteiger partial charge in [0.25, 0.3) is 5.91 Å². The van der Waals surface area contributed by atoms with E-state index in [1.165, 1.54) is 32.4 Å². The molecule has 2 aromatic rings. The monoisotopic (exact) mass is 601 g/mol. The van der Waals surface area contributed by atoms with Gasteiger partial charge in [-0.25, -0.2) is 13.8 Å². The van der Waals surface area contributed by atoms with Gasteiger partial charge in [0.05, 0.1) is 21.8 Å². The maximum Gasteiger partial charge on any atom is 0.308 e. The molecule has 11 heteroatoms. The van der Waals surface area contributed by atoms with Crippen molar-refractivity contribution >= 4 is 50.7 Å². The van der Waals surface area contributed by atoms with Gasteiger partial charge in [-0.05, 0) is 71.7 Å². The first-order chi connectivity index (χ1) is 15.9. The van der Waals surface area contributed by atoms with E-state index in [-0.39, 0.29) is 17.2 Å². The normalized spacial score (nSPS) is 12.6. The summed E-state index contributed by atoms with van der Waals surface area (Å²) in [7, 11) is -2.45. The summed E-state index contributed by atoms with van der Waals surface area (Å²) in [5.74, 6) is -0.383. The van der Waals surface area contributed by atoms with Crippen LogP contribution in [0.1, 0.15) is 38.3 Å². The Bertz CT molecular complexity index is 1160. The molecule has 0 aliphatic heterocycles. The van der Waals surface area contributed by atoms with Crippen LogP contribution < -0.4 is 19.6 Å². The quantitative estimate of drug-likeness (QED) is 0.142. The third-order valence-corrected chi connectivity index (χ3v) is 6.83. The van der Waals surface area contributed by atoms with Gasteiger partial charge in [-0.15, -0.1) is 0 Å². The Morgan fingerprint density at radius 2 is 1.82 bits per heavy atom. The number of nitrogens with zero attached hydrogens (tertiary/aromatic N) is 1. The number of hydrogen-bond acceptors (Lipinski definition) is 7. The first-order valence-corrected chi connectivity index (χ1v) is 13.0. The highest BCUT2D eigenvalue weighted by Gasteiger charge is 2.26. The predicted octanol–water partition coefficient (Wildman–Crippen LogP) is 3.38. The van der Waals surface area contributed by atoms with Crippen molar-refractivity contribution in [1.82, 2.24) is 10.1 Å². The number of methoxy groups -OCH3 is 1. The number of hydrogen-bond donors (Lipinski definition) is 2. The average Bonchev–Trinajstić information content (AvgIpc) is 2.74. The number of halogens is 1. The molecule has 0 aromatic heterocycles. The molecule has 0 saturated heterocycles. The topological polar surface area (TPSA) is 123 Å². The minimum atomic E-state index is -3.90. The molecule has 0 fully saturated rings.